The Hall–Kier alpha value is -3.10. The molecule has 146 valence electrons. The zero-order chi connectivity index (χ0) is 20.2. The average molecular weight is 423 g/mol. The first-order valence-corrected chi connectivity index (χ1v) is 10.5. The minimum Gasteiger partial charge on any atom is -0.497 e. The quantitative estimate of drug-likeness (QED) is 0.476. The first-order chi connectivity index (χ1) is 14.1. The van der Waals surface area contributed by atoms with Gasteiger partial charge in [0.25, 0.3) is 5.91 Å². The van der Waals surface area contributed by atoms with Gasteiger partial charge in [0.2, 0.25) is 0 Å². The molecule has 0 atom stereocenters. The number of hydrogen-bond donors (Lipinski definition) is 1. The van der Waals surface area contributed by atoms with Crippen LogP contribution in [0.25, 0.3) is 10.6 Å². The lowest BCUT2D eigenvalue weighted by Gasteiger charge is -2.05. The summed E-state index contributed by atoms with van der Waals surface area (Å²) in [5, 5.41) is 6.36. The highest BCUT2D eigenvalue weighted by Crippen LogP contribution is 2.28. The molecule has 0 aliphatic carbocycles. The van der Waals surface area contributed by atoms with Gasteiger partial charge in [-0.1, -0.05) is 11.8 Å². The van der Waals surface area contributed by atoms with E-state index >= 15 is 0 Å². The van der Waals surface area contributed by atoms with Gasteiger partial charge in [0.1, 0.15) is 16.5 Å². The molecule has 0 aliphatic heterocycles. The fraction of sp³-hybridized carbons (Fsp3) is 0.0952. The number of carbonyl (C=O) groups is 1. The molecule has 0 bridgehead atoms. The number of carbonyl (C=O) groups excluding carboxylic acids is 1. The topological polar surface area (TPSA) is 69.0 Å². The van der Waals surface area contributed by atoms with Crippen LogP contribution < -0.4 is 10.1 Å². The van der Waals surface area contributed by atoms with Gasteiger partial charge in [-0.3, -0.25) is 4.79 Å². The Morgan fingerprint density at radius 2 is 1.90 bits per heavy atom. The standard InChI is InChI=1S/C21H18N4O2S2/c1-25-12-11-22-21(25)29-17-9-5-15(6-10-17)23-19(26)18-13-28-20(24-18)14-3-7-16(27-2)8-4-14/h3-13H,1-2H3,(H,23,26). The van der Waals surface area contributed by atoms with Crippen LogP contribution in [0.3, 0.4) is 0 Å². The fourth-order valence-corrected chi connectivity index (χ4v) is 4.21. The fourth-order valence-electron chi connectivity index (χ4n) is 2.60. The zero-order valence-corrected chi connectivity index (χ0v) is 17.5. The maximum atomic E-state index is 12.5. The summed E-state index contributed by atoms with van der Waals surface area (Å²) in [6.45, 7) is 0. The highest BCUT2D eigenvalue weighted by atomic mass is 32.2. The predicted molar refractivity (Wildman–Crippen MR) is 116 cm³/mol. The minimum absolute atomic E-state index is 0.231. The second kappa shape index (κ2) is 8.50. The third-order valence-corrected chi connectivity index (χ3v) is 6.15. The molecule has 0 spiro atoms. The van der Waals surface area contributed by atoms with E-state index in [0.717, 1.165) is 32.1 Å². The molecule has 1 amide bonds. The molecule has 8 heteroatoms. The molecule has 0 unspecified atom stereocenters. The Labute approximate surface area is 176 Å². The Balaban J connectivity index is 1.41. The monoisotopic (exact) mass is 422 g/mol. The number of anilines is 1. The highest BCUT2D eigenvalue weighted by molar-refractivity contribution is 7.99. The number of thiazole rings is 1. The molecule has 2 heterocycles. The summed E-state index contributed by atoms with van der Waals surface area (Å²) >= 11 is 3.00. The van der Waals surface area contributed by atoms with Crippen LogP contribution in [-0.4, -0.2) is 27.6 Å². The lowest BCUT2D eigenvalue weighted by Crippen LogP contribution is -2.12. The maximum Gasteiger partial charge on any atom is 0.275 e. The van der Waals surface area contributed by atoms with Crippen LogP contribution in [0.2, 0.25) is 0 Å². The average Bonchev–Trinajstić information content (AvgIpc) is 3.39. The maximum absolute atomic E-state index is 12.5. The predicted octanol–water partition coefficient (Wildman–Crippen LogP) is 4.96. The Bertz CT molecular complexity index is 1120. The molecule has 2 aromatic heterocycles. The van der Waals surface area contributed by atoms with E-state index in [2.05, 4.69) is 15.3 Å². The van der Waals surface area contributed by atoms with E-state index in [0.29, 0.717) is 5.69 Å². The first kappa shape index (κ1) is 19.2. The van der Waals surface area contributed by atoms with E-state index < -0.39 is 0 Å². The van der Waals surface area contributed by atoms with Crippen molar-refractivity contribution in [2.45, 2.75) is 10.1 Å². The van der Waals surface area contributed by atoms with Crippen LogP contribution in [0, 0.1) is 0 Å². The summed E-state index contributed by atoms with van der Waals surface area (Å²) in [5.41, 5.74) is 2.07. The lowest BCUT2D eigenvalue weighted by atomic mass is 10.2. The second-order valence-corrected chi connectivity index (χ2v) is 8.07. The van der Waals surface area contributed by atoms with Crippen LogP contribution >= 0.6 is 23.1 Å². The molecule has 0 fully saturated rings. The summed E-state index contributed by atoms with van der Waals surface area (Å²) in [5.74, 6) is 0.554. The van der Waals surface area contributed by atoms with E-state index in [4.69, 9.17) is 4.74 Å². The van der Waals surface area contributed by atoms with Crippen molar-refractivity contribution in [1.82, 2.24) is 14.5 Å². The van der Waals surface area contributed by atoms with Crippen LogP contribution in [0.15, 0.2) is 76.4 Å². The van der Waals surface area contributed by atoms with Gasteiger partial charge in [-0.25, -0.2) is 9.97 Å². The molecule has 0 radical (unpaired) electrons. The van der Waals surface area contributed by atoms with Crippen LogP contribution in [0.1, 0.15) is 10.5 Å². The lowest BCUT2D eigenvalue weighted by molar-refractivity contribution is 0.102. The van der Waals surface area contributed by atoms with Crippen molar-refractivity contribution >= 4 is 34.7 Å². The SMILES string of the molecule is COc1ccc(-c2nc(C(=O)Nc3ccc(Sc4nccn4C)cc3)cs2)cc1. The molecule has 2 aromatic carbocycles. The first-order valence-electron chi connectivity index (χ1n) is 8.79. The number of aryl methyl sites for hydroxylation is 1. The summed E-state index contributed by atoms with van der Waals surface area (Å²) in [6.07, 6.45) is 3.68. The van der Waals surface area contributed by atoms with Gasteiger partial charge in [-0.05, 0) is 48.5 Å². The molecule has 1 N–H and O–H groups in total. The number of ether oxygens (including phenoxy) is 1. The third kappa shape index (κ3) is 4.49. The van der Waals surface area contributed by atoms with Gasteiger partial charge in [0.05, 0.1) is 7.11 Å². The van der Waals surface area contributed by atoms with Crippen molar-refractivity contribution in [2.24, 2.45) is 7.05 Å². The molecular weight excluding hydrogens is 404 g/mol. The Morgan fingerprint density at radius 1 is 1.14 bits per heavy atom. The summed E-state index contributed by atoms with van der Waals surface area (Å²) < 4.78 is 7.13. The largest absolute Gasteiger partial charge is 0.497 e. The smallest absolute Gasteiger partial charge is 0.275 e. The number of nitrogens with zero attached hydrogens (tertiary/aromatic N) is 3. The van der Waals surface area contributed by atoms with Gasteiger partial charge < -0.3 is 14.6 Å². The minimum atomic E-state index is -0.231. The number of aromatic nitrogens is 3. The molecule has 0 aliphatic rings. The van der Waals surface area contributed by atoms with Gasteiger partial charge >= 0.3 is 0 Å². The molecule has 6 nitrogen and oxygen atoms in total. The molecule has 0 saturated carbocycles. The van der Waals surface area contributed by atoms with Gasteiger partial charge in [-0.2, -0.15) is 0 Å². The van der Waals surface area contributed by atoms with E-state index in [9.17, 15) is 4.79 Å². The number of amides is 1. The number of hydrogen-bond acceptors (Lipinski definition) is 6. The van der Waals surface area contributed by atoms with E-state index in [1.54, 1.807) is 30.4 Å². The highest BCUT2D eigenvalue weighted by Gasteiger charge is 2.12. The molecule has 0 saturated heterocycles. The van der Waals surface area contributed by atoms with E-state index in [-0.39, 0.29) is 5.91 Å². The number of nitrogens with one attached hydrogen (secondary N) is 1. The van der Waals surface area contributed by atoms with Crippen molar-refractivity contribution < 1.29 is 9.53 Å². The summed E-state index contributed by atoms with van der Waals surface area (Å²) in [7, 11) is 3.59. The second-order valence-electron chi connectivity index (χ2n) is 6.17. The van der Waals surface area contributed by atoms with Crippen LogP contribution in [0.4, 0.5) is 5.69 Å². The van der Waals surface area contributed by atoms with Gasteiger partial charge in [0.15, 0.2) is 5.16 Å². The number of benzene rings is 2. The van der Waals surface area contributed by atoms with Gasteiger partial charge in [-0.15, -0.1) is 11.3 Å². The number of methoxy groups -OCH3 is 1. The van der Waals surface area contributed by atoms with E-state index in [1.165, 1.54) is 11.3 Å². The number of imidazole rings is 1. The normalized spacial score (nSPS) is 10.7. The molecule has 4 aromatic rings. The van der Waals surface area contributed by atoms with E-state index in [1.807, 2.05) is 66.3 Å². The zero-order valence-electron chi connectivity index (χ0n) is 15.8. The van der Waals surface area contributed by atoms with Crippen molar-refractivity contribution in [2.75, 3.05) is 12.4 Å². The molecular formula is C21H18N4O2S2. The Morgan fingerprint density at radius 3 is 2.55 bits per heavy atom. The van der Waals surface area contributed by atoms with Crippen LogP contribution in [0.5, 0.6) is 5.75 Å². The summed E-state index contributed by atoms with van der Waals surface area (Å²) in [4.78, 5) is 22.3. The Kier molecular flexibility index (Phi) is 5.64. The van der Waals surface area contributed by atoms with Crippen LogP contribution in [-0.2, 0) is 7.05 Å². The van der Waals surface area contributed by atoms with Crippen molar-refractivity contribution in [3.8, 4) is 16.3 Å². The van der Waals surface area contributed by atoms with Crippen molar-refractivity contribution in [3.63, 3.8) is 0 Å². The number of rotatable bonds is 6. The third-order valence-electron chi connectivity index (χ3n) is 4.17. The summed E-state index contributed by atoms with van der Waals surface area (Å²) in [6, 6.07) is 15.3. The van der Waals surface area contributed by atoms with Gasteiger partial charge in [0, 0.05) is 41.0 Å². The van der Waals surface area contributed by atoms with Crippen molar-refractivity contribution in [1.29, 1.82) is 0 Å². The molecule has 4 rings (SSSR count). The molecule has 29 heavy (non-hydrogen) atoms. The van der Waals surface area contributed by atoms with Crippen molar-refractivity contribution in [3.05, 3.63) is 72.0 Å².